The van der Waals surface area contributed by atoms with Gasteiger partial charge >= 0.3 is 0 Å². The van der Waals surface area contributed by atoms with E-state index in [1.54, 1.807) is 6.07 Å². The van der Waals surface area contributed by atoms with Gasteiger partial charge in [-0.05, 0) is 40.9 Å². The van der Waals surface area contributed by atoms with Gasteiger partial charge in [-0.3, -0.25) is 0 Å². The Hall–Kier alpha value is -0.790. The van der Waals surface area contributed by atoms with E-state index in [4.69, 9.17) is 10.5 Å². The van der Waals surface area contributed by atoms with E-state index in [0.29, 0.717) is 10.2 Å². The molecule has 0 aromatic heterocycles. The first-order chi connectivity index (χ1) is 8.85. The molecule has 0 amide bonds. The second-order valence-electron chi connectivity index (χ2n) is 4.16. The highest BCUT2D eigenvalue weighted by Crippen LogP contribution is 2.32. The molecule has 19 heavy (non-hydrogen) atoms. The minimum Gasteiger partial charge on any atom is -0.495 e. The van der Waals surface area contributed by atoms with Crippen molar-refractivity contribution in [1.29, 1.82) is 0 Å². The lowest BCUT2D eigenvalue weighted by molar-refractivity contribution is 0.401. The molecule has 0 bridgehead atoms. The van der Waals surface area contributed by atoms with Crippen molar-refractivity contribution < 1.29 is 13.2 Å². The van der Waals surface area contributed by atoms with Crippen LogP contribution in [0.5, 0.6) is 5.75 Å². The second-order valence-corrected chi connectivity index (χ2v) is 6.70. The molecule has 0 saturated heterocycles. The minimum absolute atomic E-state index is 0.0580. The maximum absolute atomic E-state index is 12.3. The van der Waals surface area contributed by atoms with Crippen molar-refractivity contribution in [3.8, 4) is 5.75 Å². The number of sulfonamides is 1. The van der Waals surface area contributed by atoms with Crippen molar-refractivity contribution in [2.45, 2.75) is 37.6 Å². The Kier molecular flexibility index (Phi) is 5.64. The van der Waals surface area contributed by atoms with Gasteiger partial charge in [-0.15, -0.1) is 0 Å². The summed E-state index contributed by atoms with van der Waals surface area (Å²) in [4.78, 5) is 0.0580. The summed E-state index contributed by atoms with van der Waals surface area (Å²) in [5, 5.41) is 0. The van der Waals surface area contributed by atoms with Gasteiger partial charge in [-0.2, -0.15) is 0 Å². The topological polar surface area (TPSA) is 81.4 Å². The van der Waals surface area contributed by atoms with Crippen molar-refractivity contribution in [3.05, 3.63) is 16.6 Å². The molecular weight excluding hydrogens is 332 g/mol. The molecule has 1 rings (SSSR count). The molecule has 0 aliphatic carbocycles. The van der Waals surface area contributed by atoms with Crippen LogP contribution in [0.3, 0.4) is 0 Å². The van der Waals surface area contributed by atoms with Crippen LogP contribution < -0.4 is 15.2 Å². The summed E-state index contributed by atoms with van der Waals surface area (Å²) in [6.07, 6.45) is 1.45. The number of benzene rings is 1. The maximum atomic E-state index is 12.3. The zero-order chi connectivity index (χ0) is 14.6. The molecule has 0 fully saturated rings. The van der Waals surface area contributed by atoms with E-state index in [0.717, 1.165) is 12.8 Å². The van der Waals surface area contributed by atoms with Crippen LogP contribution in [0.2, 0.25) is 0 Å². The van der Waals surface area contributed by atoms with E-state index in [1.807, 2.05) is 13.8 Å². The summed E-state index contributed by atoms with van der Waals surface area (Å²) in [5.41, 5.74) is 6.09. The van der Waals surface area contributed by atoms with Crippen LogP contribution in [0.25, 0.3) is 0 Å². The molecule has 0 radical (unpaired) electrons. The third-order valence-corrected chi connectivity index (χ3v) is 5.11. The standard InChI is InChI=1S/C12H19BrN2O3S/c1-4-8(5-2)15-19(16,17)12-7-10(14)9(13)6-11(12)18-3/h6-8,15H,4-5,14H2,1-3H3. The number of ether oxygens (including phenoxy) is 1. The lowest BCUT2D eigenvalue weighted by atomic mass is 10.2. The van der Waals surface area contributed by atoms with Gasteiger partial charge in [0.25, 0.3) is 0 Å². The number of anilines is 1. The number of methoxy groups -OCH3 is 1. The first-order valence-corrected chi connectivity index (χ1v) is 8.28. The fourth-order valence-electron chi connectivity index (χ4n) is 1.66. The zero-order valence-electron chi connectivity index (χ0n) is 11.2. The molecule has 1 aromatic carbocycles. The Morgan fingerprint density at radius 2 is 1.95 bits per heavy atom. The van der Waals surface area contributed by atoms with E-state index in [1.165, 1.54) is 13.2 Å². The maximum Gasteiger partial charge on any atom is 0.244 e. The fraction of sp³-hybridized carbons (Fsp3) is 0.500. The molecule has 0 aliphatic rings. The van der Waals surface area contributed by atoms with Crippen molar-refractivity contribution in [2.24, 2.45) is 0 Å². The largest absolute Gasteiger partial charge is 0.495 e. The molecular formula is C12H19BrN2O3S. The predicted octanol–water partition coefficient (Wildman–Crippen LogP) is 2.51. The molecule has 0 heterocycles. The monoisotopic (exact) mass is 350 g/mol. The van der Waals surface area contributed by atoms with Gasteiger partial charge in [0.2, 0.25) is 10.0 Å². The molecule has 3 N–H and O–H groups in total. The summed E-state index contributed by atoms with van der Waals surface area (Å²) in [6, 6.07) is 2.85. The van der Waals surface area contributed by atoms with Crippen molar-refractivity contribution in [2.75, 3.05) is 12.8 Å². The first kappa shape index (κ1) is 16.3. The Labute approximate surface area is 122 Å². The van der Waals surface area contributed by atoms with Crippen molar-refractivity contribution >= 4 is 31.6 Å². The SMILES string of the molecule is CCC(CC)NS(=O)(=O)c1cc(N)c(Br)cc1OC. The number of nitrogens with one attached hydrogen (secondary N) is 1. The fourth-order valence-corrected chi connectivity index (χ4v) is 3.57. The summed E-state index contributed by atoms with van der Waals surface area (Å²) in [7, 11) is -2.22. The molecule has 1 aromatic rings. The zero-order valence-corrected chi connectivity index (χ0v) is 13.6. The number of nitrogens with two attached hydrogens (primary N) is 1. The third-order valence-electron chi connectivity index (χ3n) is 2.88. The number of rotatable bonds is 6. The number of halogens is 1. The average molecular weight is 351 g/mol. The second kappa shape index (κ2) is 6.58. The normalized spacial score (nSPS) is 11.8. The van der Waals surface area contributed by atoms with Crippen LogP contribution in [0.4, 0.5) is 5.69 Å². The van der Waals surface area contributed by atoms with E-state index in [2.05, 4.69) is 20.7 Å². The molecule has 7 heteroatoms. The van der Waals surface area contributed by atoms with Crippen LogP contribution in [0.1, 0.15) is 26.7 Å². The molecule has 0 aliphatic heterocycles. The van der Waals surface area contributed by atoms with Crippen LogP contribution >= 0.6 is 15.9 Å². The van der Waals surface area contributed by atoms with Gasteiger partial charge in [0, 0.05) is 16.2 Å². The Morgan fingerprint density at radius 1 is 1.37 bits per heavy atom. The minimum atomic E-state index is -3.64. The molecule has 108 valence electrons. The summed E-state index contributed by atoms with van der Waals surface area (Å²) in [5.74, 6) is 0.263. The summed E-state index contributed by atoms with van der Waals surface area (Å²) < 4.78 is 33.0. The van der Waals surface area contributed by atoms with Crippen LogP contribution in [0.15, 0.2) is 21.5 Å². The third kappa shape index (κ3) is 3.84. The van der Waals surface area contributed by atoms with Crippen molar-refractivity contribution in [1.82, 2.24) is 4.72 Å². The Bertz CT molecular complexity index is 542. The van der Waals surface area contributed by atoms with Gasteiger partial charge in [0.15, 0.2) is 0 Å². The first-order valence-electron chi connectivity index (χ1n) is 6.01. The highest BCUT2D eigenvalue weighted by molar-refractivity contribution is 9.10. The molecule has 0 saturated carbocycles. The summed E-state index contributed by atoms with van der Waals surface area (Å²) >= 11 is 3.25. The van der Waals surface area contributed by atoms with Gasteiger partial charge in [0.05, 0.1) is 7.11 Å². The summed E-state index contributed by atoms with van der Waals surface area (Å²) in [6.45, 7) is 3.87. The molecule has 5 nitrogen and oxygen atoms in total. The molecule has 0 spiro atoms. The van der Waals surface area contributed by atoms with Crippen LogP contribution in [-0.4, -0.2) is 21.6 Å². The Morgan fingerprint density at radius 3 is 2.42 bits per heavy atom. The van der Waals surface area contributed by atoms with Crippen LogP contribution in [0, 0.1) is 0 Å². The molecule has 0 unspecified atom stereocenters. The average Bonchev–Trinajstić information content (AvgIpc) is 2.38. The number of hydrogen-bond acceptors (Lipinski definition) is 4. The van der Waals surface area contributed by atoms with E-state index >= 15 is 0 Å². The van der Waals surface area contributed by atoms with Gasteiger partial charge < -0.3 is 10.5 Å². The predicted molar refractivity (Wildman–Crippen MR) is 79.8 cm³/mol. The van der Waals surface area contributed by atoms with E-state index in [-0.39, 0.29) is 16.7 Å². The Balaban J connectivity index is 3.24. The van der Waals surface area contributed by atoms with Gasteiger partial charge in [-0.1, -0.05) is 13.8 Å². The van der Waals surface area contributed by atoms with Gasteiger partial charge in [-0.25, -0.2) is 13.1 Å². The van der Waals surface area contributed by atoms with Crippen molar-refractivity contribution in [3.63, 3.8) is 0 Å². The van der Waals surface area contributed by atoms with E-state index < -0.39 is 10.0 Å². The lowest BCUT2D eigenvalue weighted by Gasteiger charge is -2.17. The highest BCUT2D eigenvalue weighted by Gasteiger charge is 2.23. The number of hydrogen-bond donors (Lipinski definition) is 2. The van der Waals surface area contributed by atoms with Crippen LogP contribution in [-0.2, 0) is 10.0 Å². The quantitative estimate of drug-likeness (QED) is 0.772. The molecule has 0 atom stereocenters. The van der Waals surface area contributed by atoms with Gasteiger partial charge in [0.1, 0.15) is 10.6 Å². The highest BCUT2D eigenvalue weighted by atomic mass is 79.9. The smallest absolute Gasteiger partial charge is 0.244 e. The van der Waals surface area contributed by atoms with E-state index in [9.17, 15) is 8.42 Å². The lowest BCUT2D eigenvalue weighted by Crippen LogP contribution is -2.34. The number of nitrogen functional groups attached to an aromatic ring is 1.